The fourth-order valence-electron chi connectivity index (χ4n) is 4.39. The summed E-state index contributed by atoms with van der Waals surface area (Å²) in [5, 5.41) is 2.42. The molecule has 6 heteroatoms. The number of piperidine rings is 1. The average molecular weight is 426 g/mol. The molecule has 30 heavy (non-hydrogen) atoms. The molecule has 0 saturated carbocycles. The van der Waals surface area contributed by atoms with Gasteiger partial charge in [-0.3, -0.25) is 14.5 Å². The lowest BCUT2D eigenvalue weighted by molar-refractivity contribution is -0.139. The Balaban J connectivity index is 1.25. The van der Waals surface area contributed by atoms with Gasteiger partial charge >= 0.3 is 0 Å². The number of nitrogens with zero attached hydrogens (tertiary/aromatic N) is 3. The molecule has 5 nitrogen and oxygen atoms in total. The van der Waals surface area contributed by atoms with Crippen LogP contribution in [0.1, 0.15) is 26.2 Å². The molecule has 2 heterocycles. The molecule has 2 saturated heterocycles. The minimum atomic E-state index is -0.0904. The maximum Gasteiger partial charge on any atom is 0.239 e. The summed E-state index contributed by atoms with van der Waals surface area (Å²) in [6, 6.07) is 14.6. The van der Waals surface area contributed by atoms with Gasteiger partial charge in [0.2, 0.25) is 11.8 Å². The summed E-state index contributed by atoms with van der Waals surface area (Å²) < 4.78 is 0. The third-order valence-electron chi connectivity index (χ3n) is 6.32. The maximum absolute atomic E-state index is 12.8. The van der Waals surface area contributed by atoms with E-state index in [-0.39, 0.29) is 17.9 Å². The van der Waals surface area contributed by atoms with Crippen LogP contribution in [0.15, 0.2) is 47.4 Å². The second-order valence-electron chi connectivity index (χ2n) is 8.28. The van der Waals surface area contributed by atoms with Gasteiger partial charge in [-0.05, 0) is 49.1 Å². The number of carbonyl (C=O) groups excluding carboxylic acids is 2. The number of amides is 2. The number of thioether (sulfide) groups is 1. The predicted octanol–water partition coefficient (Wildman–Crippen LogP) is 3.48. The second-order valence-corrected chi connectivity index (χ2v) is 9.33. The van der Waals surface area contributed by atoms with E-state index in [1.807, 2.05) is 28.9 Å². The standard InChI is InChI=1S/C24H31N3O2S/c1-19(24(29)27-11-5-2-6-12-27)25-13-15-26(16-14-25)23(28)18-30-22-10-9-20-7-3-4-8-21(20)17-22/h3-4,7-10,17,19H,2,5-6,11-16,18H2,1H3. The van der Waals surface area contributed by atoms with Crippen LogP contribution in [-0.2, 0) is 9.59 Å². The van der Waals surface area contributed by atoms with Gasteiger partial charge < -0.3 is 9.80 Å². The van der Waals surface area contributed by atoms with Crippen molar-refractivity contribution in [2.24, 2.45) is 0 Å². The minimum Gasteiger partial charge on any atom is -0.341 e. The molecule has 2 aromatic rings. The smallest absolute Gasteiger partial charge is 0.239 e. The quantitative estimate of drug-likeness (QED) is 0.688. The third kappa shape index (κ3) is 4.98. The highest BCUT2D eigenvalue weighted by Crippen LogP contribution is 2.24. The van der Waals surface area contributed by atoms with E-state index in [0.717, 1.165) is 43.9 Å². The van der Waals surface area contributed by atoms with E-state index in [2.05, 4.69) is 35.2 Å². The first-order valence-electron chi connectivity index (χ1n) is 11.0. The molecule has 1 atom stereocenters. The molecule has 0 aliphatic carbocycles. The molecule has 0 bridgehead atoms. The van der Waals surface area contributed by atoms with Gasteiger partial charge in [0.1, 0.15) is 0 Å². The van der Waals surface area contributed by atoms with E-state index >= 15 is 0 Å². The normalized spacial score (nSPS) is 19.1. The van der Waals surface area contributed by atoms with Gasteiger partial charge in [0.05, 0.1) is 11.8 Å². The molecule has 2 amide bonds. The van der Waals surface area contributed by atoms with Crippen LogP contribution in [0.25, 0.3) is 10.8 Å². The number of likely N-dealkylation sites (tertiary alicyclic amines) is 1. The first-order chi connectivity index (χ1) is 14.6. The first kappa shape index (κ1) is 21.2. The van der Waals surface area contributed by atoms with Gasteiger partial charge in [-0.25, -0.2) is 0 Å². The Morgan fingerprint density at radius 3 is 2.30 bits per heavy atom. The Morgan fingerprint density at radius 2 is 1.57 bits per heavy atom. The van der Waals surface area contributed by atoms with Crippen LogP contribution in [0.4, 0.5) is 0 Å². The lowest BCUT2D eigenvalue weighted by atomic mass is 10.1. The number of benzene rings is 2. The Bertz CT molecular complexity index is 889. The number of hydrogen-bond donors (Lipinski definition) is 0. The van der Waals surface area contributed by atoms with Crippen molar-refractivity contribution in [2.75, 3.05) is 45.0 Å². The van der Waals surface area contributed by atoms with E-state index in [9.17, 15) is 9.59 Å². The summed E-state index contributed by atoms with van der Waals surface area (Å²) in [7, 11) is 0. The summed E-state index contributed by atoms with van der Waals surface area (Å²) in [6.07, 6.45) is 3.47. The largest absolute Gasteiger partial charge is 0.341 e. The Kier molecular flexibility index (Phi) is 6.95. The molecular weight excluding hydrogens is 394 g/mol. The predicted molar refractivity (Wildman–Crippen MR) is 123 cm³/mol. The summed E-state index contributed by atoms with van der Waals surface area (Å²) in [5.41, 5.74) is 0. The van der Waals surface area contributed by atoms with E-state index in [4.69, 9.17) is 0 Å². The van der Waals surface area contributed by atoms with Crippen molar-refractivity contribution in [2.45, 2.75) is 37.1 Å². The number of carbonyl (C=O) groups is 2. The highest BCUT2D eigenvalue weighted by molar-refractivity contribution is 8.00. The van der Waals surface area contributed by atoms with Gasteiger partial charge in [0.15, 0.2) is 0 Å². The summed E-state index contributed by atoms with van der Waals surface area (Å²) >= 11 is 1.60. The van der Waals surface area contributed by atoms with Gasteiger partial charge in [0, 0.05) is 44.2 Å². The van der Waals surface area contributed by atoms with Crippen molar-refractivity contribution < 1.29 is 9.59 Å². The van der Waals surface area contributed by atoms with Crippen LogP contribution < -0.4 is 0 Å². The molecule has 4 rings (SSSR count). The zero-order valence-electron chi connectivity index (χ0n) is 17.8. The van der Waals surface area contributed by atoms with Crippen molar-refractivity contribution in [3.63, 3.8) is 0 Å². The van der Waals surface area contributed by atoms with Crippen molar-refractivity contribution >= 4 is 34.3 Å². The molecule has 2 aromatic carbocycles. The van der Waals surface area contributed by atoms with E-state index in [1.165, 1.54) is 17.2 Å². The van der Waals surface area contributed by atoms with E-state index in [0.29, 0.717) is 18.8 Å². The molecule has 0 N–H and O–H groups in total. The maximum atomic E-state index is 12.8. The van der Waals surface area contributed by atoms with E-state index in [1.54, 1.807) is 11.8 Å². The van der Waals surface area contributed by atoms with Crippen molar-refractivity contribution in [1.29, 1.82) is 0 Å². The molecule has 160 valence electrons. The van der Waals surface area contributed by atoms with E-state index < -0.39 is 0 Å². The lowest BCUT2D eigenvalue weighted by Crippen LogP contribution is -2.56. The van der Waals surface area contributed by atoms with Crippen molar-refractivity contribution in [1.82, 2.24) is 14.7 Å². The highest BCUT2D eigenvalue weighted by atomic mass is 32.2. The monoisotopic (exact) mass is 425 g/mol. The van der Waals surface area contributed by atoms with Crippen LogP contribution in [0.3, 0.4) is 0 Å². The molecule has 2 aliphatic heterocycles. The molecule has 2 fully saturated rings. The number of hydrogen-bond acceptors (Lipinski definition) is 4. The topological polar surface area (TPSA) is 43.9 Å². The lowest BCUT2D eigenvalue weighted by Gasteiger charge is -2.39. The van der Waals surface area contributed by atoms with Crippen LogP contribution in [0.2, 0.25) is 0 Å². The number of piperazine rings is 1. The molecular formula is C24H31N3O2S. The fraction of sp³-hybridized carbons (Fsp3) is 0.500. The van der Waals surface area contributed by atoms with Gasteiger partial charge in [-0.15, -0.1) is 11.8 Å². The average Bonchev–Trinajstić information content (AvgIpc) is 2.82. The first-order valence-corrected chi connectivity index (χ1v) is 12.0. The van der Waals surface area contributed by atoms with Crippen LogP contribution in [0, 0.1) is 0 Å². The molecule has 0 radical (unpaired) electrons. The molecule has 2 aliphatic rings. The zero-order valence-corrected chi connectivity index (χ0v) is 18.6. The van der Waals surface area contributed by atoms with Gasteiger partial charge in [0.25, 0.3) is 0 Å². The van der Waals surface area contributed by atoms with Gasteiger partial charge in [-0.2, -0.15) is 0 Å². The molecule has 1 unspecified atom stereocenters. The summed E-state index contributed by atoms with van der Waals surface area (Å²) in [5.74, 6) is 0.893. The number of fused-ring (bicyclic) bond motifs is 1. The van der Waals surface area contributed by atoms with Crippen LogP contribution >= 0.6 is 11.8 Å². The van der Waals surface area contributed by atoms with Crippen molar-refractivity contribution in [3.05, 3.63) is 42.5 Å². The summed E-state index contributed by atoms with van der Waals surface area (Å²) in [4.78, 5) is 32.8. The van der Waals surface area contributed by atoms with Gasteiger partial charge in [-0.1, -0.05) is 30.3 Å². The second kappa shape index (κ2) is 9.84. The molecule has 0 spiro atoms. The zero-order chi connectivity index (χ0) is 20.9. The number of rotatable bonds is 5. The minimum absolute atomic E-state index is 0.0904. The highest BCUT2D eigenvalue weighted by Gasteiger charge is 2.30. The summed E-state index contributed by atoms with van der Waals surface area (Å²) in [6.45, 7) is 6.76. The Hall–Kier alpha value is -2.05. The van der Waals surface area contributed by atoms with Crippen LogP contribution in [-0.4, -0.2) is 77.6 Å². The van der Waals surface area contributed by atoms with Crippen molar-refractivity contribution in [3.8, 4) is 0 Å². The third-order valence-corrected chi connectivity index (χ3v) is 7.30. The Morgan fingerprint density at radius 1 is 0.867 bits per heavy atom. The SMILES string of the molecule is CC(C(=O)N1CCCCC1)N1CCN(C(=O)CSc2ccc3ccccc3c2)CC1. The van der Waals surface area contributed by atoms with Crippen LogP contribution in [0.5, 0.6) is 0 Å². The molecule has 0 aromatic heterocycles. The Labute approximate surface area is 183 Å². The fourth-order valence-corrected chi connectivity index (χ4v) is 5.23.